The third kappa shape index (κ3) is 4.45. The van der Waals surface area contributed by atoms with Crippen molar-refractivity contribution in [1.82, 2.24) is 0 Å². The lowest BCUT2D eigenvalue weighted by molar-refractivity contribution is -0.153. The SMILES string of the molecule is CCOP(=O)(OCC)C(F)(F)C(=O)C(F)(F)P(=O)(OCC)OCC. The highest BCUT2D eigenvalue weighted by atomic mass is 31.2. The van der Waals surface area contributed by atoms with Crippen LogP contribution in [-0.2, 0) is 32.0 Å². The minimum absolute atomic E-state index is 0.597. The molecule has 0 aliphatic heterocycles. The zero-order chi connectivity index (χ0) is 19.2. The number of halogens is 4. The number of alkyl halides is 4. The topological polar surface area (TPSA) is 88.1 Å². The van der Waals surface area contributed by atoms with Crippen molar-refractivity contribution in [1.29, 1.82) is 0 Å². The Morgan fingerprint density at radius 2 is 0.917 bits per heavy atom. The normalized spacial score (nSPS) is 14.0. The Bertz CT molecular complexity index is 463. The fraction of sp³-hybridized carbons (Fsp3) is 0.909. The summed E-state index contributed by atoms with van der Waals surface area (Å²) in [5.74, 6) is -3.22. The maximum absolute atomic E-state index is 14.2. The summed E-state index contributed by atoms with van der Waals surface area (Å²) in [5.41, 5.74) is -10.5. The van der Waals surface area contributed by atoms with Gasteiger partial charge in [-0.25, -0.2) is 0 Å². The second-order valence-corrected chi connectivity index (χ2v) is 8.22. The lowest BCUT2D eigenvalue weighted by atomic mass is 10.4. The van der Waals surface area contributed by atoms with Gasteiger partial charge in [0.2, 0.25) is 0 Å². The van der Waals surface area contributed by atoms with Gasteiger partial charge in [-0.15, -0.1) is 0 Å². The van der Waals surface area contributed by atoms with Crippen molar-refractivity contribution < 1.29 is 49.6 Å². The van der Waals surface area contributed by atoms with Gasteiger partial charge in [0.1, 0.15) is 0 Å². The molecule has 0 N–H and O–H groups in total. The lowest BCUT2D eigenvalue weighted by Gasteiger charge is -2.30. The molecular weight excluding hydrogens is 382 g/mol. The summed E-state index contributed by atoms with van der Waals surface area (Å²) < 4.78 is 97.7. The molecule has 24 heavy (non-hydrogen) atoms. The molecule has 0 aliphatic rings. The molecule has 0 bridgehead atoms. The highest BCUT2D eigenvalue weighted by Gasteiger charge is 2.73. The molecule has 0 aromatic carbocycles. The Morgan fingerprint density at radius 3 is 1.08 bits per heavy atom. The number of ketones is 1. The Morgan fingerprint density at radius 1 is 0.708 bits per heavy atom. The largest absolute Gasteiger partial charge is 0.409 e. The minimum atomic E-state index is -5.58. The van der Waals surface area contributed by atoms with Crippen LogP contribution in [0.25, 0.3) is 0 Å². The van der Waals surface area contributed by atoms with Gasteiger partial charge in [-0.1, -0.05) is 0 Å². The Hall–Kier alpha value is -0.310. The maximum Gasteiger partial charge on any atom is 0.409 e. The number of Topliss-reactive ketones (excluding diaryl/α,β-unsaturated/α-hetero) is 1. The summed E-state index contributed by atoms with van der Waals surface area (Å²) in [5, 5.41) is 0. The van der Waals surface area contributed by atoms with Crippen molar-refractivity contribution >= 4 is 21.0 Å². The quantitative estimate of drug-likeness (QED) is 0.356. The summed E-state index contributed by atoms with van der Waals surface area (Å²) >= 11 is 0. The second kappa shape index (κ2) is 8.87. The summed E-state index contributed by atoms with van der Waals surface area (Å²) in [6.45, 7) is 2.21. The molecule has 0 amide bonds. The van der Waals surface area contributed by atoms with E-state index < -0.39 is 58.7 Å². The van der Waals surface area contributed by atoms with Gasteiger partial charge in [0.25, 0.3) is 5.78 Å². The van der Waals surface area contributed by atoms with Crippen LogP contribution in [0, 0.1) is 0 Å². The Kier molecular flexibility index (Phi) is 8.76. The van der Waals surface area contributed by atoms with Crippen LogP contribution in [0.3, 0.4) is 0 Å². The van der Waals surface area contributed by atoms with E-state index in [1.807, 2.05) is 0 Å². The molecule has 0 spiro atoms. The molecule has 0 atom stereocenters. The number of hydrogen-bond donors (Lipinski definition) is 0. The van der Waals surface area contributed by atoms with Crippen LogP contribution in [0.1, 0.15) is 27.7 Å². The third-order valence-corrected chi connectivity index (χ3v) is 6.60. The molecular formula is C11H20F4O7P2. The van der Waals surface area contributed by atoms with Gasteiger partial charge in [-0.3, -0.25) is 13.9 Å². The average molecular weight is 402 g/mol. The first kappa shape index (κ1) is 23.7. The van der Waals surface area contributed by atoms with E-state index in [0.717, 1.165) is 27.7 Å². The van der Waals surface area contributed by atoms with Crippen LogP contribution in [0.15, 0.2) is 0 Å². The standard InChI is InChI=1S/C11H20F4O7P2/c1-5-19-23(17,20-6-2)10(12,13)9(16)11(14,15)24(18,21-7-3)22-8-4/h5-8H2,1-4H3. The predicted molar refractivity (Wildman–Crippen MR) is 76.6 cm³/mol. The first-order valence-electron chi connectivity index (χ1n) is 6.99. The third-order valence-electron chi connectivity index (χ3n) is 2.43. The number of rotatable bonds is 12. The van der Waals surface area contributed by atoms with Gasteiger partial charge >= 0.3 is 26.5 Å². The fourth-order valence-corrected chi connectivity index (χ4v) is 4.53. The van der Waals surface area contributed by atoms with Gasteiger partial charge in [-0.2, -0.15) is 17.6 Å². The predicted octanol–water partition coefficient (Wildman–Crippen LogP) is 4.27. The van der Waals surface area contributed by atoms with Crippen molar-refractivity contribution in [3.63, 3.8) is 0 Å². The highest BCUT2D eigenvalue weighted by molar-refractivity contribution is 7.58. The Balaban J connectivity index is 6.00. The Labute approximate surface area is 137 Å². The van der Waals surface area contributed by atoms with E-state index in [2.05, 4.69) is 18.1 Å². The molecule has 0 fully saturated rings. The van der Waals surface area contributed by atoms with Crippen LogP contribution in [-0.4, -0.2) is 43.5 Å². The van der Waals surface area contributed by atoms with Crippen LogP contribution in [0.4, 0.5) is 17.6 Å². The zero-order valence-corrected chi connectivity index (χ0v) is 15.4. The van der Waals surface area contributed by atoms with Crippen LogP contribution in [0.5, 0.6) is 0 Å². The van der Waals surface area contributed by atoms with E-state index in [4.69, 9.17) is 0 Å². The van der Waals surface area contributed by atoms with E-state index >= 15 is 0 Å². The van der Waals surface area contributed by atoms with Gasteiger partial charge in [0, 0.05) is 0 Å². The van der Waals surface area contributed by atoms with Crippen molar-refractivity contribution in [2.75, 3.05) is 26.4 Å². The molecule has 0 aromatic rings. The molecule has 144 valence electrons. The van der Waals surface area contributed by atoms with Crippen molar-refractivity contribution in [2.24, 2.45) is 0 Å². The van der Waals surface area contributed by atoms with Crippen LogP contribution >= 0.6 is 15.2 Å². The number of carbonyl (C=O) groups excluding carboxylic acids is 1. The molecule has 7 nitrogen and oxygen atoms in total. The van der Waals surface area contributed by atoms with Gasteiger partial charge in [0.05, 0.1) is 26.4 Å². The van der Waals surface area contributed by atoms with Crippen LogP contribution in [0.2, 0.25) is 0 Å². The molecule has 0 rings (SSSR count). The molecule has 0 saturated heterocycles. The van der Waals surface area contributed by atoms with E-state index in [1.165, 1.54) is 0 Å². The molecule has 0 unspecified atom stereocenters. The van der Waals surface area contributed by atoms with Crippen molar-refractivity contribution in [3.05, 3.63) is 0 Å². The molecule has 13 heteroatoms. The molecule has 0 saturated carbocycles. The molecule has 0 aromatic heterocycles. The first-order chi connectivity index (χ1) is 10.9. The van der Waals surface area contributed by atoms with E-state index in [-0.39, 0.29) is 0 Å². The van der Waals surface area contributed by atoms with Gasteiger partial charge in [0.15, 0.2) is 0 Å². The van der Waals surface area contributed by atoms with Gasteiger partial charge < -0.3 is 18.1 Å². The maximum atomic E-state index is 14.2. The smallest absolute Gasteiger partial charge is 0.304 e. The zero-order valence-electron chi connectivity index (χ0n) is 13.6. The van der Waals surface area contributed by atoms with Crippen molar-refractivity contribution in [3.8, 4) is 0 Å². The molecule has 0 radical (unpaired) electrons. The second-order valence-electron chi connectivity index (χ2n) is 4.08. The first-order valence-corrected chi connectivity index (χ1v) is 10.1. The summed E-state index contributed by atoms with van der Waals surface area (Å²) in [6, 6.07) is 0. The van der Waals surface area contributed by atoms with Crippen molar-refractivity contribution in [2.45, 2.75) is 39.0 Å². The lowest BCUT2D eigenvalue weighted by Crippen LogP contribution is -2.44. The summed E-state index contributed by atoms with van der Waals surface area (Å²) in [6.07, 6.45) is 0. The highest BCUT2D eigenvalue weighted by Crippen LogP contribution is 2.69. The minimum Gasteiger partial charge on any atom is -0.304 e. The fourth-order valence-electron chi connectivity index (χ4n) is 1.51. The number of carbonyl (C=O) groups is 1. The summed E-state index contributed by atoms with van der Waals surface area (Å²) in [7, 11) is -11.2. The number of hydrogen-bond acceptors (Lipinski definition) is 7. The molecule has 0 heterocycles. The molecule has 0 aliphatic carbocycles. The van der Waals surface area contributed by atoms with Crippen LogP contribution < -0.4 is 0 Å². The van der Waals surface area contributed by atoms with E-state index in [0.29, 0.717) is 0 Å². The van der Waals surface area contributed by atoms with E-state index in [1.54, 1.807) is 0 Å². The van der Waals surface area contributed by atoms with Gasteiger partial charge in [-0.05, 0) is 27.7 Å². The monoisotopic (exact) mass is 402 g/mol. The average Bonchev–Trinajstić information content (AvgIpc) is 2.47. The summed E-state index contributed by atoms with van der Waals surface area (Å²) in [4.78, 5) is 11.7. The van der Waals surface area contributed by atoms with E-state index in [9.17, 15) is 31.5 Å².